The number of benzene rings is 8. The van der Waals surface area contributed by atoms with E-state index in [1.165, 1.54) is 66.3 Å². The largest absolute Gasteiger partial charge is 0.310 e. The number of hydrogen-bond donors (Lipinski definition) is 0. The molecule has 4 nitrogen and oxygen atoms in total. The van der Waals surface area contributed by atoms with Gasteiger partial charge in [-0.3, -0.25) is 4.57 Å². The molecule has 296 valence electrons. The van der Waals surface area contributed by atoms with E-state index in [9.17, 15) is 0 Å². The molecule has 62 heavy (non-hydrogen) atoms. The highest BCUT2D eigenvalue weighted by Crippen LogP contribution is 2.53. The topological polar surface area (TPSA) is 34.0 Å². The second-order valence-electron chi connectivity index (χ2n) is 17.8. The first-order valence-corrected chi connectivity index (χ1v) is 21.6. The van der Waals surface area contributed by atoms with Crippen molar-refractivity contribution in [2.45, 2.75) is 38.5 Å². The van der Waals surface area contributed by atoms with Gasteiger partial charge in [0.2, 0.25) is 5.95 Å². The molecule has 0 amide bonds. The monoisotopic (exact) mass is 796 g/mol. The molecular weight excluding hydrogens is 753 g/mol. The molecule has 4 heteroatoms. The summed E-state index contributed by atoms with van der Waals surface area (Å²) in [4.78, 5) is 13.5. The third-order valence-corrected chi connectivity index (χ3v) is 13.6. The first-order valence-electron chi connectivity index (χ1n) is 21.6. The van der Waals surface area contributed by atoms with Gasteiger partial charge >= 0.3 is 0 Å². The van der Waals surface area contributed by atoms with E-state index in [0.29, 0.717) is 5.95 Å². The lowest BCUT2D eigenvalue weighted by atomic mass is 9.73. The van der Waals surface area contributed by atoms with Crippen LogP contribution < -0.4 is 4.90 Å². The number of para-hydroxylation sites is 2. The molecule has 0 bridgehead atoms. The van der Waals surface area contributed by atoms with E-state index in [-0.39, 0.29) is 10.8 Å². The number of hydrogen-bond acceptors (Lipinski definition) is 3. The van der Waals surface area contributed by atoms with Crippen molar-refractivity contribution in [1.29, 1.82) is 0 Å². The van der Waals surface area contributed by atoms with Gasteiger partial charge in [-0.2, -0.15) is 0 Å². The molecule has 0 saturated carbocycles. The van der Waals surface area contributed by atoms with Crippen LogP contribution in [0, 0.1) is 0 Å². The molecule has 1 aliphatic carbocycles. The van der Waals surface area contributed by atoms with Crippen LogP contribution in [-0.2, 0) is 10.8 Å². The second-order valence-corrected chi connectivity index (χ2v) is 17.8. The zero-order valence-corrected chi connectivity index (χ0v) is 35.3. The number of allylic oxidation sites excluding steroid dienone is 1. The van der Waals surface area contributed by atoms with Crippen molar-refractivity contribution in [3.63, 3.8) is 0 Å². The average molecular weight is 797 g/mol. The summed E-state index contributed by atoms with van der Waals surface area (Å²) in [5, 5.41) is 4.79. The highest BCUT2D eigenvalue weighted by atomic mass is 15.2. The van der Waals surface area contributed by atoms with Gasteiger partial charge in [-0.1, -0.05) is 167 Å². The Kier molecular flexibility index (Phi) is 7.89. The van der Waals surface area contributed by atoms with Crippen LogP contribution in [-0.4, -0.2) is 14.5 Å². The van der Waals surface area contributed by atoms with Crippen LogP contribution in [0.25, 0.3) is 72.6 Å². The highest BCUT2D eigenvalue weighted by molar-refractivity contribution is 6.21. The van der Waals surface area contributed by atoms with Crippen LogP contribution in [0.15, 0.2) is 188 Å². The van der Waals surface area contributed by atoms with E-state index in [4.69, 9.17) is 9.97 Å². The van der Waals surface area contributed by atoms with Gasteiger partial charge in [-0.05, 0) is 98.8 Å². The SMILES string of the molecule is CC1(C)C(c2ccccc2)=Cc2nc(-n3c4ccc(-c5ccc6c(c5)C(C)(C)c5ccccc5N6c5ccccc5)cc4c4c5ccccc5ccc43)nc(-c3ccccc3)c21. The van der Waals surface area contributed by atoms with Gasteiger partial charge in [0.05, 0.1) is 33.8 Å². The Morgan fingerprint density at radius 1 is 0.452 bits per heavy atom. The molecule has 1 aliphatic heterocycles. The Morgan fingerprint density at radius 3 is 1.87 bits per heavy atom. The van der Waals surface area contributed by atoms with E-state index in [1.807, 2.05) is 0 Å². The van der Waals surface area contributed by atoms with Crippen LogP contribution in [0.3, 0.4) is 0 Å². The lowest BCUT2D eigenvalue weighted by Gasteiger charge is -2.42. The van der Waals surface area contributed by atoms with Gasteiger partial charge in [0.1, 0.15) is 0 Å². The summed E-state index contributed by atoms with van der Waals surface area (Å²) in [6.45, 7) is 9.33. The van der Waals surface area contributed by atoms with Crippen LogP contribution in [0.1, 0.15) is 55.6 Å². The number of anilines is 3. The number of rotatable bonds is 5. The fraction of sp³-hybridized carbons (Fsp3) is 0.103. The molecule has 10 aromatic rings. The number of nitrogens with zero attached hydrogens (tertiary/aromatic N) is 4. The predicted octanol–water partition coefficient (Wildman–Crippen LogP) is 15.0. The average Bonchev–Trinajstić information content (AvgIpc) is 3.80. The van der Waals surface area contributed by atoms with E-state index in [1.54, 1.807) is 0 Å². The maximum atomic E-state index is 5.57. The van der Waals surface area contributed by atoms with E-state index in [0.717, 1.165) is 39.2 Å². The summed E-state index contributed by atoms with van der Waals surface area (Å²) in [5.41, 5.74) is 16.8. The van der Waals surface area contributed by atoms with Gasteiger partial charge < -0.3 is 4.90 Å². The minimum atomic E-state index is -0.310. The third-order valence-electron chi connectivity index (χ3n) is 13.6. The number of fused-ring (bicyclic) bond motifs is 8. The Morgan fingerprint density at radius 2 is 1.08 bits per heavy atom. The summed E-state index contributed by atoms with van der Waals surface area (Å²) in [7, 11) is 0. The van der Waals surface area contributed by atoms with Gasteiger partial charge in [0.15, 0.2) is 0 Å². The summed E-state index contributed by atoms with van der Waals surface area (Å²) in [6, 6.07) is 68.1. The van der Waals surface area contributed by atoms with Gasteiger partial charge in [-0.25, -0.2) is 9.97 Å². The fourth-order valence-corrected chi connectivity index (χ4v) is 10.5. The molecule has 12 rings (SSSR count). The van der Waals surface area contributed by atoms with E-state index >= 15 is 0 Å². The molecule has 2 aliphatic rings. The standard InChI is InChI=1S/C58H44N4/c1-57(2)45-26-16-17-27-50(45)61(42-23-12-7-13-24-42)51-32-30-41(35-47(51)57)40-29-31-49-44(34-40)53-43-25-15-14-18-37(43)28-33-52(53)62(49)56-59-48-36-46(38-19-8-5-9-20-38)58(3,4)54(48)55(60-56)39-21-10-6-11-22-39/h5-36H,1-4H3. The van der Waals surface area contributed by atoms with Crippen molar-refractivity contribution in [3.8, 4) is 28.3 Å². The van der Waals surface area contributed by atoms with Crippen molar-refractivity contribution < 1.29 is 0 Å². The van der Waals surface area contributed by atoms with Crippen molar-refractivity contribution in [1.82, 2.24) is 14.5 Å². The van der Waals surface area contributed by atoms with Crippen LogP contribution >= 0.6 is 0 Å². The molecule has 0 saturated heterocycles. The van der Waals surface area contributed by atoms with E-state index in [2.05, 4.69) is 231 Å². The zero-order chi connectivity index (χ0) is 41.7. The molecular formula is C58H44N4. The molecule has 3 heterocycles. The summed E-state index contributed by atoms with van der Waals surface area (Å²) >= 11 is 0. The molecule has 0 radical (unpaired) electrons. The third kappa shape index (κ3) is 5.32. The minimum Gasteiger partial charge on any atom is -0.310 e. The summed E-state index contributed by atoms with van der Waals surface area (Å²) in [5.74, 6) is 0.669. The summed E-state index contributed by atoms with van der Waals surface area (Å²) in [6.07, 6.45) is 2.29. The van der Waals surface area contributed by atoms with Crippen molar-refractivity contribution in [2.24, 2.45) is 0 Å². The van der Waals surface area contributed by atoms with Crippen molar-refractivity contribution in [2.75, 3.05) is 4.90 Å². The maximum absolute atomic E-state index is 5.57. The second kappa shape index (κ2) is 13.5. The van der Waals surface area contributed by atoms with Crippen molar-refractivity contribution >= 4 is 61.3 Å². The first-order chi connectivity index (χ1) is 30.3. The van der Waals surface area contributed by atoms with Crippen LogP contribution in [0.2, 0.25) is 0 Å². The maximum Gasteiger partial charge on any atom is 0.235 e. The fourth-order valence-electron chi connectivity index (χ4n) is 10.5. The predicted molar refractivity (Wildman–Crippen MR) is 259 cm³/mol. The minimum absolute atomic E-state index is 0.214. The Hall–Kier alpha value is -7.56. The zero-order valence-electron chi connectivity index (χ0n) is 35.3. The Bertz CT molecular complexity index is 3450. The summed E-state index contributed by atoms with van der Waals surface area (Å²) < 4.78 is 2.29. The molecule has 0 N–H and O–H groups in total. The lowest BCUT2D eigenvalue weighted by Crippen LogP contribution is -2.30. The Balaban J connectivity index is 1.09. The van der Waals surface area contributed by atoms with Gasteiger partial charge in [0, 0.05) is 38.4 Å². The lowest BCUT2D eigenvalue weighted by molar-refractivity contribution is 0.632. The van der Waals surface area contributed by atoms with Crippen LogP contribution in [0.4, 0.5) is 17.1 Å². The quantitative estimate of drug-likeness (QED) is 0.174. The first kappa shape index (κ1) is 36.3. The molecule has 2 aromatic heterocycles. The Labute approximate surface area is 362 Å². The molecule has 8 aromatic carbocycles. The smallest absolute Gasteiger partial charge is 0.235 e. The number of aromatic nitrogens is 3. The van der Waals surface area contributed by atoms with Gasteiger partial charge in [0.25, 0.3) is 0 Å². The van der Waals surface area contributed by atoms with E-state index < -0.39 is 0 Å². The molecule has 0 atom stereocenters. The molecule has 0 unspecified atom stereocenters. The highest BCUT2D eigenvalue weighted by Gasteiger charge is 2.39. The van der Waals surface area contributed by atoms with Crippen LogP contribution in [0.5, 0.6) is 0 Å². The molecule has 0 fully saturated rings. The normalized spacial score (nSPS) is 14.8. The molecule has 0 spiro atoms. The van der Waals surface area contributed by atoms with Crippen molar-refractivity contribution in [3.05, 3.63) is 216 Å². The van der Waals surface area contributed by atoms with Gasteiger partial charge in [-0.15, -0.1) is 0 Å².